The highest BCUT2D eigenvalue weighted by molar-refractivity contribution is 4.72. The second kappa shape index (κ2) is 8.93. The number of methoxy groups -OCH3 is 1. The number of likely N-dealkylation sites (tertiary alicyclic amines) is 1. The minimum Gasteiger partial charge on any atom is -0.385 e. The Morgan fingerprint density at radius 1 is 1.19 bits per heavy atom. The molecule has 0 aliphatic carbocycles. The Hall–Kier alpha value is -0.160. The summed E-state index contributed by atoms with van der Waals surface area (Å²) in [5.41, 5.74) is 5.43. The summed E-state index contributed by atoms with van der Waals surface area (Å²) in [6.07, 6.45) is 4.91. The van der Waals surface area contributed by atoms with E-state index in [2.05, 4.69) is 4.90 Å². The van der Waals surface area contributed by atoms with Crippen LogP contribution in [0.3, 0.4) is 0 Å². The molecule has 1 saturated heterocycles. The van der Waals surface area contributed by atoms with E-state index in [-0.39, 0.29) is 0 Å². The molecule has 0 unspecified atom stereocenters. The molecule has 16 heavy (non-hydrogen) atoms. The average molecular weight is 230 g/mol. The van der Waals surface area contributed by atoms with E-state index in [1.54, 1.807) is 7.11 Å². The summed E-state index contributed by atoms with van der Waals surface area (Å²) in [6, 6.07) is 0. The maximum atomic E-state index is 5.77. The smallest absolute Gasteiger partial charge is 0.0599 e. The molecule has 0 amide bonds. The van der Waals surface area contributed by atoms with Gasteiger partial charge in [0.2, 0.25) is 0 Å². The molecule has 1 rings (SSSR count). The highest BCUT2D eigenvalue weighted by atomic mass is 16.5. The molecule has 0 bridgehead atoms. The first-order valence-electron chi connectivity index (χ1n) is 6.39. The predicted octanol–water partition coefficient (Wildman–Crippen LogP) is 0.853. The van der Waals surface area contributed by atoms with Crippen molar-refractivity contribution in [2.75, 3.05) is 46.5 Å². The van der Waals surface area contributed by atoms with Gasteiger partial charge in [-0.1, -0.05) is 0 Å². The van der Waals surface area contributed by atoms with Gasteiger partial charge in [-0.25, -0.2) is 0 Å². The van der Waals surface area contributed by atoms with E-state index < -0.39 is 0 Å². The van der Waals surface area contributed by atoms with Gasteiger partial charge in [-0.05, 0) is 32.2 Å². The van der Waals surface area contributed by atoms with Crippen LogP contribution in [-0.4, -0.2) is 57.5 Å². The third-order valence-electron chi connectivity index (χ3n) is 3.06. The first-order valence-corrected chi connectivity index (χ1v) is 6.39. The van der Waals surface area contributed by atoms with Crippen molar-refractivity contribution in [3.05, 3.63) is 0 Å². The summed E-state index contributed by atoms with van der Waals surface area (Å²) in [4.78, 5) is 2.50. The normalized spacial score (nSPS) is 19.1. The van der Waals surface area contributed by atoms with Crippen LogP contribution in [0.15, 0.2) is 0 Å². The van der Waals surface area contributed by atoms with Crippen molar-refractivity contribution < 1.29 is 9.47 Å². The Balaban J connectivity index is 2.00. The van der Waals surface area contributed by atoms with Gasteiger partial charge >= 0.3 is 0 Å². The molecule has 0 atom stereocenters. The van der Waals surface area contributed by atoms with Crippen molar-refractivity contribution in [1.29, 1.82) is 0 Å². The fourth-order valence-electron chi connectivity index (χ4n) is 2.07. The summed E-state index contributed by atoms with van der Waals surface area (Å²) in [5.74, 6) is 0. The molecular weight excluding hydrogens is 204 g/mol. The lowest BCUT2D eigenvalue weighted by molar-refractivity contribution is 0.00600. The second-order valence-electron chi connectivity index (χ2n) is 4.40. The lowest BCUT2D eigenvalue weighted by Gasteiger charge is -2.31. The maximum Gasteiger partial charge on any atom is 0.0599 e. The van der Waals surface area contributed by atoms with Crippen molar-refractivity contribution in [3.8, 4) is 0 Å². The summed E-state index contributed by atoms with van der Waals surface area (Å²) in [7, 11) is 1.76. The van der Waals surface area contributed by atoms with Crippen LogP contribution in [0.1, 0.15) is 25.7 Å². The first-order chi connectivity index (χ1) is 7.86. The minimum absolute atomic E-state index is 0.463. The van der Waals surface area contributed by atoms with E-state index in [0.29, 0.717) is 6.10 Å². The zero-order valence-electron chi connectivity index (χ0n) is 10.5. The fraction of sp³-hybridized carbons (Fsp3) is 1.00. The number of nitrogens with zero attached hydrogens (tertiary/aromatic N) is 1. The molecule has 1 heterocycles. The Kier molecular flexibility index (Phi) is 7.76. The lowest BCUT2D eigenvalue weighted by atomic mass is 10.1. The fourth-order valence-corrected chi connectivity index (χ4v) is 2.07. The highest BCUT2D eigenvalue weighted by Crippen LogP contribution is 2.13. The standard InChI is InChI=1S/C12H26N2O2/c1-15-10-3-7-14-8-4-12(5-9-14)16-11-2-6-13/h12H,2-11,13H2,1H3. The number of hydrogen-bond donors (Lipinski definition) is 1. The zero-order chi connectivity index (χ0) is 11.6. The molecule has 4 nitrogen and oxygen atoms in total. The SMILES string of the molecule is COCCCN1CCC(OCCCN)CC1. The Morgan fingerprint density at radius 3 is 2.56 bits per heavy atom. The molecular formula is C12H26N2O2. The van der Waals surface area contributed by atoms with Crippen molar-refractivity contribution >= 4 is 0 Å². The van der Waals surface area contributed by atoms with Gasteiger partial charge in [-0.2, -0.15) is 0 Å². The van der Waals surface area contributed by atoms with Gasteiger partial charge < -0.3 is 20.1 Å². The largest absolute Gasteiger partial charge is 0.385 e. The van der Waals surface area contributed by atoms with Gasteiger partial charge in [0.05, 0.1) is 6.10 Å². The molecule has 1 aliphatic rings. The second-order valence-corrected chi connectivity index (χ2v) is 4.40. The van der Waals surface area contributed by atoms with Crippen LogP contribution in [0.25, 0.3) is 0 Å². The number of rotatable bonds is 8. The van der Waals surface area contributed by atoms with Gasteiger partial charge in [-0.3, -0.25) is 0 Å². The molecule has 1 fully saturated rings. The Morgan fingerprint density at radius 2 is 1.94 bits per heavy atom. The van der Waals surface area contributed by atoms with Gasteiger partial charge in [0.1, 0.15) is 0 Å². The van der Waals surface area contributed by atoms with Crippen LogP contribution >= 0.6 is 0 Å². The topological polar surface area (TPSA) is 47.7 Å². The highest BCUT2D eigenvalue weighted by Gasteiger charge is 2.18. The van der Waals surface area contributed by atoms with Crippen LogP contribution in [0.5, 0.6) is 0 Å². The van der Waals surface area contributed by atoms with Crippen LogP contribution in [0.2, 0.25) is 0 Å². The van der Waals surface area contributed by atoms with E-state index >= 15 is 0 Å². The summed E-state index contributed by atoms with van der Waals surface area (Å²) in [6.45, 7) is 5.91. The molecule has 0 aromatic rings. The molecule has 2 N–H and O–H groups in total. The third-order valence-corrected chi connectivity index (χ3v) is 3.06. The van der Waals surface area contributed by atoms with E-state index in [1.165, 1.54) is 0 Å². The molecule has 0 aromatic heterocycles. The molecule has 1 aliphatic heterocycles. The van der Waals surface area contributed by atoms with Crippen LogP contribution in [0.4, 0.5) is 0 Å². The Bertz CT molecular complexity index is 141. The molecule has 96 valence electrons. The summed E-state index contributed by atoms with van der Waals surface area (Å²) in [5, 5.41) is 0. The maximum absolute atomic E-state index is 5.77. The molecule has 0 aromatic carbocycles. The van der Waals surface area contributed by atoms with Crippen molar-refractivity contribution in [2.24, 2.45) is 5.73 Å². The molecule has 0 radical (unpaired) electrons. The van der Waals surface area contributed by atoms with Crippen molar-refractivity contribution in [3.63, 3.8) is 0 Å². The van der Waals surface area contributed by atoms with Crippen molar-refractivity contribution in [2.45, 2.75) is 31.8 Å². The van der Waals surface area contributed by atoms with Gasteiger partial charge in [0.25, 0.3) is 0 Å². The molecule has 0 saturated carbocycles. The van der Waals surface area contributed by atoms with E-state index in [9.17, 15) is 0 Å². The van der Waals surface area contributed by atoms with Crippen molar-refractivity contribution in [1.82, 2.24) is 4.90 Å². The number of hydrogen-bond acceptors (Lipinski definition) is 4. The van der Waals surface area contributed by atoms with E-state index in [1.807, 2.05) is 0 Å². The van der Waals surface area contributed by atoms with Gasteiger partial charge in [0, 0.05) is 40.0 Å². The van der Waals surface area contributed by atoms with E-state index in [4.69, 9.17) is 15.2 Å². The van der Waals surface area contributed by atoms with Crippen LogP contribution in [0, 0.1) is 0 Å². The lowest BCUT2D eigenvalue weighted by Crippen LogP contribution is -2.38. The quantitative estimate of drug-likeness (QED) is 0.628. The third kappa shape index (κ3) is 5.80. The predicted molar refractivity (Wildman–Crippen MR) is 65.6 cm³/mol. The number of ether oxygens (including phenoxy) is 2. The number of nitrogens with two attached hydrogens (primary N) is 1. The van der Waals surface area contributed by atoms with E-state index in [0.717, 1.165) is 65.1 Å². The number of piperidine rings is 1. The van der Waals surface area contributed by atoms with Gasteiger partial charge in [-0.15, -0.1) is 0 Å². The van der Waals surface area contributed by atoms with Crippen LogP contribution in [-0.2, 0) is 9.47 Å². The minimum atomic E-state index is 0.463. The summed E-state index contributed by atoms with van der Waals surface area (Å²) >= 11 is 0. The molecule has 4 heteroatoms. The van der Waals surface area contributed by atoms with Crippen LogP contribution < -0.4 is 5.73 Å². The summed E-state index contributed by atoms with van der Waals surface area (Å²) < 4.78 is 10.8. The Labute approximate surface area is 99.1 Å². The zero-order valence-corrected chi connectivity index (χ0v) is 10.5. The molecule has 0 spiro atoms. The first kappa shape index (κ1) is 13.9. The van der Waals surface area contributed by atoms with Gasteiger partial charge in [0.15, 0.2) is 0 Å². The average Bonchev–Trinajstić information content (AvgIpc) is 2.32. The monoisotopic (exact) mass is 230 g/mol.